The number of thiazole rings is 1. The summed E-state index contributed by atoms with van der Waals surface area (Å²) in [7, 11) is 1.63. The number of carbonyl (C=O) groups is 1. The predicted octanol–water partition coefficient (Wildman–Crippen LogP) is 5.03. The molecule has 6 heteroatoms. The Morgan fingerprint density at radius 2 is 1.88 bits per heavy atom. The van der Waals surface area contributed by atoms with Gasteiger partial charge in [0.2, 0.25) is 0 Å². The van der Waals surface area contributed by atoms with Crippen molar-refractivity contribution in [2.75, 3.05) is 12.4 Å². The van der Waals surface area contributed by atoms with Gasteiger partial charge in [-0.3, -0.25) is 10.1 Å². The molecule has 0 fully saturated rings. The number of aryl methyl sites for hydroxylation is 1. The Morgan fingerprint density at radius 1 is 1.17 bits per heavy atom. The van der Waals surface area contributed by atoms with Crippen molar-refractivity contribution in [3.8, 4) is 17.0 Å². The number of amides is 1. The van der Waals surface area contributed by atoms with E-state index in [9.17, 15) is 4.79 Å². The van der Waals surface area contributed by atoms with Crippen LogP contribution in [0.25, 0.3) is 11.3 Å². The molecule has 1 aromatic heterocycles. The Kier molecular flexibility index (Phi) is 4.83. The van der Waals surface area contributed by atoms with Crippen molar-refractivity contribution in [2.24, 2.45) is 0 Å². The van der Waals surface area contributed by atoms with Gasteiger partial charge >= 0.3 is 0 Å². The van der Waals surface area contributed by atoms with Crippen molar-refractivity contribution in [3.63, 3.8) is 0 Å². The van der Waals surface area contributed by atoms with Gasteiger partial charge in [-0.2, -0.15) is 0 Å². The maximum Gasteiger partial charge on any atom is 0.258 e. The van der Waals surface area contributed by atoms with Crippen molar-refractivity contribution >= 4 is 34.0 Å². The molecular weight excluding hydrogens is 344 g/mol. The zero-order chi connectivity index (χ0) is 17.1. The minimum absolute atomic E-state index is 0.268. The molecule has 0 unspecified atom stereocenters. The molecule has 0 aliphatic carbocycles. The number of anilines is 1. The van der Waals surface area contributed by atoms with Gasteiger partial charge in [-0.05, 0) is 43.3 Å². The highest BCUT2D eigenvalue weighted by atomic mass is 35.5. The molecule has 3 aromatic rings. The van der Waals surface area contributed by atoms with Crippen LogP contribution in [0.5, 0.6) is 5.75 Å². The summed E-state index contributed by atoms with van der Waals surface area (Å²) in [5.74, 6) is 0.523. The molecule has 0 radical (unpaired) electrons. The molecule has 0 saturated heterocycles. The molecule has 0 bridgehead atoms. The van der Waals surface area contributed by atoms with Crippen LogP contribution < -0.4 is 10.1 Å². The van der Waals surface area contributed by atoms with Crippen LogP contribution >= 0.6 is 22.9 Å². The van der Waals surface area contributed by atoms with Crippen molar-refractivity contribution in [1.82, 2.24) is 4.98 Å². The first-order valence-electron chi connectivity index (χ1n) is 7.26. The van der Waals surface area contributed by atoms with Gasteiger partial charge in [0.25, 0.3) is 5.91 Å². The topological polar surface area (TPSA) is 51.2 Å². The molecule has 122 valence electrons. The van der Waals surface area contributed by atoms with Crippen LogP contribution in [0.15, 0.2) is 48.5 Å². The molecule has 0 aliphatic rings. The van der Waals surface area contributed by atoms with Gasteiger partial charge in [0.15, 0.2) is 5.13 Å². The SMILES string of the molecule is COc1ccc(-c2nc(NC(=O)c3ccccc3Cl)sc2C)cc1. The van der Waals surface area contributed by atoms with E-state index < -0.39 is 0 Å². The summed E-state index contributed by atoms with van der Waals surface area (Å²) in [6.07, 6.45) is 0. The molecule has 0 spiro atoms. The monoisotopic (exact) mass is 358 g/mol. The van der Waals surface area contributed by atoms with E-state index >= 15 is 0 Å². The molecule has 1 N–H and O–H groups in total. The Labute approximate surface area is 149 Å². The van der Waals surface area contributed by atoms with Gasteiger partial charge in [0, 0.05) is 10.4 Å². The number of aromatic nitrogens is 1. The first kappa shape index (κ1) is 16.5. The van der Waals surface area contributed by atoms with Crippen molar-refractivity contribution in [3.05, 3.63) is 64.0 Å². The average molecular weight is 359 g/mol. The summed E-state index contributed by atoms with van der Waals surface area (Å²) in [4.78, 5) is 17.9. The summed E-state index contributed by atoms with van der Waals surface area (Å²) < 4.78 is 5.17. The van der Waals surface area contributed by atoms with Gasteiger partial charge in [-0.25, -0.2) is 4.98 Å². The van der Waals surface area contributed by atoms with E-state index in [0.29, 0.717) is 15.7 Å². The zero-order valence-electron chi connectivity index (χ0n) is 13.2. The van der Waals surface area contributed by atoms with Crippen LogP contribution in [-0.2, 0) is 0 Å². The molecular formula is C18H15ClN2O2S. The maximum atomic E-state index is 12.3. The molecule has 24 heavy (non-hydrogen) atoms. The lowest BCUT2D eigenvalue weighted by Gasteiger charge is -2.03. The minimum atomic E-state index is -0.268. The normalized spacial score (nSPS) is 10.5. The van der Waals surface area contributed by atoms with Crippen LogP contribution in [0.2, 0.25) is 5.02 Å². The van der Waals surface area contributed by atoms with Gasteiger partial charge < -0.3 is 4.74 Å². The number of carbonyl (C=O) groups excluding carboxylic acids is 1. The fourth-order valence-electron chi connectivity index (χ4n) is 2.28. The summed E-state index contributed by atoms with van der Waals surface area (Å²) in [5, 5.41) is 3.77. The fourth-order valence-corrected chi connectivity index (χ4v) is 3.33. The second-order valence-electron chi connectivity index (χ2n) is 5.09. The minimum Gasteiger partial charge on any atom is -0.497 e. The first-order chi connectivity index (χ1) is 11.6. The number of methoxy groups -OCH3 is 1. The van der Waals surface area contributed by atoms with Crippen molar-refractivity contribution in [1.29, 1.82) is 0 Å². The van der Waals surface area contributed by atoms with E-state index in [1.54, 1.807) is 31.4 Å². The highest BCUT2D eigenvalue weighted by Gasteiger charge is 2.14. The van der Waals surface area contributed by atoms with Gasteiger partial charge in [-0.1, -0.05) is 23.7 Å². The second kappa shape index (κ2) is 7.03. The molecule has 0 aliphatic heterocycles. The predicted molar refractivity (Wildman–Crippen MR) is 98.2 cm³/mol. The zero-order valence-corrected chi connectivity index (χ0v) is 14.7. The first-order valence-corrected chi connectivity index (χ1v) is 8.45. The molecule has 4 nitrogen and oxygen atoms in total. The molecule has 1 heterocycles. The summed E-state index contributed by atoms with van der Waals surface area (Å²) in [6.45, 7) is 1.97. The largest absolute Gasteiger partial charge is 0.497 e. The molecule has 0 atom stereocenters. The van der Waals surface area contributed by atoms with E-state index in [1.165, 1.54) is 11.3 Å². The number of nitrogens with one attached hydrogen (secondary N) is 1. The van der Waals surface area contributed by atoms with E-state index in [-0.39, 0.29) is 5.91 Å². The van der Waals surface area contributed by atoms with Gasteiger partial charge in [-0.15, -0.1) is 11.3 Å². The third-order valence-electron chi connectivity index (χ3n) is 3.50. The number of halogens is 1. The van der Waals surface area contributed by atoms with E-state index in [0.717, 1.165) is 21.9 Å². The number of hydrogen-bond acceptors (Lipinski definition) is 4. The lowest BCUT2D eigenvalue weighted by molar-refractivity contribution is 0.102. The van der Waals surface area contributed by atoms with E-state index in [1.807, 2.05) is 31.2 Å². The number of benzene rings is 2. The second-order valence-corrected chi connectivity index (χ2v) is 6.70. The Morgan fingerprint density at radius 3 is 2.54 bits per heavy atom. The Hall–Kier alpha value is -2.37. The third kappa shape index (κ3) is 3.42. The summed E-state index contributed by atoms with van der Waals surface area (Å²) >= 11 is 7.49. The standard InChI is InChI=1S/C18H15ClN2O2S/c1-11-16(12-7-9-13(23-2)10-8-12)20-18(24-11)21-17(22)14-5-3-4-6-15(14)19/h3-10H,1-2H3,(H,20,21,22). The highest BCUT2D eigenvalue weighted by Crippen LogP contribution is 2.31. The van der Waals surface area contributed by atoms with Crippen LogP contribution in [0.3, 0.4) is 0 Å². The Bertz CT molecular complexity index is 875. The fraction of sp³-hybridized carbons (Fsp3) is 0.111. The number of ether oxygens (including phenoxy) is 1. The summed E-state index contributed by atoms with van der Waals surface area (Å²) in [6, 6.07) is 14.6. The molecule has 3 rings (SSSR count). The average Bonchev–Trinajstić information content (AvgIpc) is 2.95. The lowest BCUT2D eigenvalue weighted by Crippen LogP contribution is -2.12. The van der Waals surface area contributed by atoms with Crippen LogP contribution in [0, 0.1) is 6.92 Å². The maximum absolute atomic E-state index is 12.3. The highest BCUT2D eigenvalue weighted by molar-refractivity contribution is 7.16. The van der Waals surface area contributed by atoms with E-state index in [2.05, 4.69) is 10.3 Å². The molecule has 2 aromatic carbocycles. The third-order valence-corrected chi connectivity index (χ3v) is 4.71. The Balaban J connectivity index is 1.83. The lowest BCUT2D eigenvalue weighted by atomic mass is 10.1. The summed E-state index contributed by atoms with van der Waals surface area (Å²) in [5.41, 5.74) is 2.25. The van der Waals surface area contributed by atoms with Crippen LogP contribution in [0.4, 0.5) is 5.13 Å². The van der Waals surface area contributed by atoms with E-state index in [4.69, 9.17) is 16.3 Å². The number of hydrogen-bond donors (Lipinski definition) is 1. The molecule has 1 amide bonds. The van der Waals surface area contributed by atoms with Crippen LogP contribution in [-0.4, -0.2) is 18.0 Å². The van der Waals surface area contributed by atoms with Gasteiger partial charge in [0.05, 0.1) is 23.4 Å². The van der Waals surface area contributed by atoms with Crippen LogP contribution in [0.1, 0.15) is 15.2 Å². The van der Waals surface area contributed by atoms with Crippen molar-refractivity contribution < 1.29 is 9.53 Å². The number of nitrogens with zero attached hydrogens (tertiary/aromatic N) is 1. The smallest absolute Gasteiger partial charge is 0.258 e. The molecule has 0 saturated carbocycles. The van der Waals surface area contributed by atoms with Gasteiger partial charge in [0.1, 0.15) is 5.75 Å². The quantitative estimate of drug-likeness (QED) is 0.711. The van der Waals surface area contributed by atoms with Crippen molar-refractivity contribution in [2.45, 2.75) is 6.92 Å². The number of rotatable bonds is 4.